The molecule has 0 fully saturated rings. The monoisotopic (exact) mass is 801 g/mol. The smallest absolute Gasteiger partial charge is 0.164 e. The van der Waals surface area contributed by atoms with Crippen LogP contribution in [0, 0.1) is 0 Å². The second kappa shape index (κ2) is 14.1. The van der Waals surface area contributed by atoms with Crippen LogP contribution in [-0.2, 0) is 0 Å². The summed E-state index contributed by atoms with van der Waals surface area (Å²) in [5.74, 6) is 1.88. The van der Waals surface area contributed by atoms with Crippen molar-refractivity contribution in [2.24, 2.45) is 0 Å². The normalized spacial score (nSPS) is 11.8. The van der Waals surface area contributed by atoms with Crippen molar-refractivity contribution in [3.63, 3.8) is 0 Å². The van der Waals surface area contributed by atoms with E-state index in [9.17, 15) is 0 Å². The summed E-state index contributed by atoms with van der Waals surface area (Å²) < 4.78 is 6.86. The molecule has 2 heterocycles. The van der Waals surface area contributed by atoms with Crippen LogP contribution in [0.4, 0.5) is 0 Å². The summed E-state index contributed by atoms with van der Waals surface area (Å²) in [6.45, 7) is 0. The Morgan fingerprint density at radius 1 is 0.270 bits per heavy atom. The van der Waals surface area contributed by atoms with Gasteiger partial charge in [-0.1, -0.05) is 188 Å². The molecule has 4 nitrogen and oxygen atoms in total. The predicted octanol–water partition coefficient (Wildman–Crippen LogP) is 15.9. The largest absolute Gasteiger partial charge is 0.455 e. The Morgan fingerprint density at radius 2 is 0.778 bits per heavy atom. The third-order valence-corrected chi connectivity index (χ3v) is 12.7. The van der Waals surface area contributed by atoms with Gasteiger partial charge in [0.2, 0.25) is 0 Å². The summed E-state index contributed by atoms with van der Waals surface area (Å²) in [5, 5.41) is 14.0. The molecule has 0 N–H and O–H groups in total. The summed E-state index contributed by atoms with van der Waals surface area (Å²) in [6.07, 6.45) is 0. The number of fused-ring (bicyclic) bond motifs is 11. The lowest BCUT2D eigenvalue weighted by Gasteiger charge is -2.15. The molecule has 4 heteroatoms. The number of benzene rings is 11. The number of furan rings is 1. The van der Waals surface area contributed by atoms with Gasteiger partial charge in [-0.2, -0.15) is 0 Å². The first-order valence-electron chi connectivity index (χ1n) is 21.3. The van der Waals surface area contributed by atoms with E-state index < -0.39 is 0 Å². The zero-order chi connectivity index (χ0) is 41.4. The average molecular weight is 802 g/mol. The van der Waals surface area contributed by atoms with Crippen molar-refractivity contribution in [2.75, 3.05) is 0 Å². The highest BCUT2D eigenvalue weighted by molar-refractivity contribution is 6.26. The van der Waals surface area contributed by atoms with Crippen LogP contribution in [-0.4, -0.2) is 15.0 Å². The second-order valence-corrected chi connectivity index (χ2v) is 16.3. The summed E-state index contributed by atoms with van der Waals surface area (Å²) >= 11 is 0. The van der Waals surface area contributed by atoms with E-state index >= 15 is 0 Å². The molecule has 0 atom stereocenters. The maximum absolute atomic E-state index is 6.86. The minimum absolute atomic E-state index is 0.621. The Balaban J connectivity index is 1.02. The van der Waals surface area contributed by atoms with Gasteiger partial charge < -0.3 is 4.42 Å². The molecule has 0 saturated heterocycles. The molecular formula is C59H35N3O. The van der Waals surface area contributed by atoms with Crippen molar-refractivity contribution >= 4 is 75.8 Å². The molecule has 0 spiro atoms. The van der Waals surface area contributed by atoms with Crippen molar-refractivity contribution in [1.82, 2.24) is 15.0 Å². The highest BCUT2D eigenvalue weighted by atomic mass is 16.3. The van der Waals surface area contributed by atoms with Crippen molar-refractivity contribution in [3.8, 4) is 56.4 Å². The standard InChI is InChI=1S/C59H35N3O/c1-3-13-36(14-4-1)45-30-32-51(55-54-44-20-10-8-16-38(44)26-34-53(54)63-56(45)55)50-31-33-52(47-22-12-11-21-46(47)50)59-61-57(39-17-5-2-6-18-39)60-58(62-59)41-25-27-43-40(35-41)24-29-48-42-19-9-7-15-37(42)23-28-49(43)48/h1-35H. The van der Waals surface area contributed by atoms with Crippen LogP contribution in [0.1, 0.15) is 0 Å². The fraction of sp³-hybridized carbons (Fsp3) is 0. The Kier molecular flexibility index (Phi) is 7.87. The van der Waals surface area contributed by atoms with Crippen molar-refractivity contribution in [3.05, 3.63) is 212 Å². The van der Waals surface area contributed by atoms with Crippen LogP contribution in [0.3, 0.4) is 0 Å². The number of rotatable bonds is 5. The molecule has 0 aliphatic heterocycles. The number of aromatic nitrogens is 3. The van der Waals surface area contributed by atoms with Crippen LogP contribution in [0.5, 0.6) is 0 Å². The molecule has 0 unspecified atom stereocenters. The van der Waals surface area contributed by atoms with Gasteiger partial charge in [-0.15, -0.1) is 0 Å². The van der Waals surface area contributed by atoms with Gasteiger partial charge in [0, 0.05) is 33.0 Å². The molecule has 0 aliphatic carbocycles. The minimum Gasteiger partial charge on any atom is -0.455 e. The maximum atomic E-state index is 6.86. The van der Waals surface area contributed by atoms with Gasteiger partial charge in [-0.25, -0.2) is 15.0 Å². The topological polar surface area (TPSA) is 51.8 Å². The van der Waals surface area contributed by atoms with E-state index in [-0.39, 0.29) is 0 Å². The maximum Gasteiger partial charge on any atom is 0.164 e. The van der Waals surface area contributed by atoms with Gasteiger partial charge in [0.15, 0.2) is 17.5 Å². The van der Waals surface area contributed by atoms with Crippen LogP contribution in [0.2, 0.25) is 0 Å². The summed E-state index contributed by atoms with van der Waals surface area (Å²) in [6, 6.07) is 75.1. The molecule has 0 aliphatic rings. The zero-order valence-corrected chi connectivity index (χ0v) is 34.0. The molecule has 292 valence electrons. The van der Waals surface area contributed by atoms with E-state index in [1.165, 1.54) is 37.7 Å². The quantitative estimate of drug-likeness (QED) is 0.163. The summed E-state index contributed by atoms with van der Waals surface area (Å²) in [7, 11) is 0. The van der Waals surface area contributed by atoms with Gasteiger partial charge in [0.05, 0.1) is 0 Å². The molecular weight excluding hydrogens is 767 g/mol. The minimum atomic E-state index is 0.621. The lowest BCUT2D eigenvalue weighted by atomic mass is 9.89. The lowest BCUT2D eigenvalue weighted by molar-refractivity contribution is 0.670. The van der Waals surface area contributed by atoms with E-state index in [1.54, 1.807) is 0 Å². The van der Waals surface area contributed by atoms with Crippen LogP contribution in [0.25, 0.3) is 132 Å². The zero-order valence-electron chi connectivity index (χ0n) is 34.0. The number of nitrogens with zero attached hydrogens (tertiary/aromatic N) is 3. The summed E-state index contributed by atoms with van der Waals surface area (Å²) in [4.78, 5) is 15.6. The Hall–Kier alpha value is -8.47. The van der Waals surface area contributed by atoms with Crippen molar-refractivity contribution < 1.29 is 4.42 Å². The molecule has 63 heavy (non-hydrogen) atoms. The second-order valence-electron chi connectivity index (χ2n) is 16.3. The first kappa shape index (κ1) is 35.3. The van der Waals surface area contributed by atoms with Gasteiger partial charge in [-0.3, -0.25) is 0 Å². The molecule has 13 rings (SSSR count). The predicted molar refractivity (Wildman–Crippen MR) is 262 cm³/mol. The Bertz CT molecular complexity index is 3970. The van der Waals surface area contributed by atoms with E-state index in [0.29, 0.717) is 17.5 Å². The van der Waals surface area contributed by atoms with Gasteiger partial charge in [0.1, 0.15) is 11.2 Å². The highest BCUT2D eigenvalue weighted by Gasteiger charge is 2.22. The average Bonchev–Trinajstić information content (AvgIpc) is 3.76. The van der Waals surface area contributed by atoms with E-state index in [1.807, 2.05) is 18.2 Å². The number of hydrogen-bond acceptors (Lipinski definition) is 4. The third kappa shape index (κ3) is 5.66. The van der Waals surface area contributed by atoms with Gasteiger partial charge in [0.25, 0.3) is 0 Å². The van der Waals surface area contributed by atoms with E-state index in [4.69, 9.17) is 19.4 Å². The van der Waals surface area contributed by atoms with E-state index in [2.05, 4.69) is 194 Å². The van der Waals surface area contributed by atoms with E-state index in [0.717, 1.165) is 77.0 Å². The first-order valence-corrected chi connectivity index (χ1v) is 21.3. The molecule has 11 aromatic carbocycles. The SMILES string of the molecule is c1ccc(-c2nc(-c3ccc4c(ccc5c6ccccc6ccc45)c3)nc(-c3ccc(-c4ccc(-c5ccccc5)c5oc6ccc7ccccc7c6c45)c4ccccc34)n2)cc1. The van der Waals surface area contributed by atoms with Crippen molar-refractivity contribution in [2.45, 2.75) is 0 Å². The molecule has 0 radical (unpaired) electrons. The molecule has 0 saturated carbocycles. The van der Waals surface area contributed by atoms with Crippen LogP contribution < -0.4 is 0 Å². The van der Waals surface area contributed by atoms with Gasteiger partial charge in [-0.05, 0) is 94.8 Å². The first-order chi connectivity index (χ1) is 31.2. The highest BCUT2D eigenvalue weighted by Crippen LogP contribution is 2.46. The lowest BCUT2D eigenvalue weighted by Crippen LogP contribution is -2.01. The van der Waals surface area contributed by atoms with Gasteiger partial charge >= 0.3 is 0 Å². The van der Waals surface area contributed by atoms with Crippen LogP contribution in [0.15, 0.2) is 217 Å². The molecule has 13 aromatic rings. The number of hydrogen-bond donors (Lipinski definition) is 0. The molecule has 2 aromatic heterocycles. The molecule has 0 bridgehead atoms. The van der Waals surface area contributed by atoms with Crippen molar-refractivity contribution in [1.29, 1.82) is 0 Å². The third-order valence-electron chi connectivity index (χ3n) is 12.7. The Morgan fingerprint density at radius 3 is 1.54 bits per heavy atom. The summed E-state index contributed by atoms with van der Waals surface area (Å²) in [5.41, 5.74) is 8.96. The molecule has 0 amide bonds. The fourth-order valence-electron chi connectivity index (χ4n) is 9.75. The fourth-order valence-corrected chi connectivity index (χ4v) is 9.75. The van der Waals surface area contributed by atoms with Crippen LogP contribution >= 0.6 is 0 Å². The Labute approximate surface area is 362 Å².